The molecule has 232 valence electrons. The number of fused-ring (bicyclic) bond motifs is 1. The third kappa shape index (κ3) is 13.9. The average Bonchev–Trinajstić information content (AvgIpc) is 2.98. The van der Waals surface area contributed by atoms with Crippen LogP contribution in [0.1, 0.15) is 120 Å². The zero-order valence-electron chi connectivity index (χ0n) is 25.4. The lowest BCUT2D eigenvalue weighted by atomic mass is 10.0. The number of unbranched alkanes of at least 4 members (excludes halogenated alkanes) is 10. The predicted molar refractivity (Wildman–Crippen MR) is 164 cm³/mol. The molecule has 0 radical (unpaired) electrons. The van der Waals surface area contributed by atoms with Gasteiger partial charge in [-0.1, -0.05) is 89.3 Å². The number of carbonyl (C=O) groups excluding carboxylic acids is 4. The molecule has 0 fully saturated rings. The number of nitrogens with zero attached hydrogens (tertiary/aromatic N) is 1. The maximum absolute atomic E-state index is 13.2. The van der Waals surface area contributed by atoms with Crippen LogP contribution >= 0.6 is 0 Å². The number of esters is 2. The van der Waals surface area contributed by atoms with Crippen molar-refractivity contribution in [2.45, 2.75) is 122 Å². The molecule has 0 spiro atoms. The van der Waals surface area contributed by atoms with E-state index in [9.17, 15) is 19.2 Å². The molecule has 0 saturated carbocycles. The van der Waals surface area contributed by atoms with Crippen molar-refractivity contribution >= 4 is 34.7 Å². The van der Waals surface area contributed by atoms with E-state index >= 15 is 0 Å². The predicted octanol–water partition coefficient (Wildman–Crippen LogP) is 6.16. The minimum absolute atomic E-state index is 0.0824. The van der Waals surface area contributed by atoms with Crippen molar-refractivity contribution in [2.75, 3.05) is 7.11 Å². The lowest BCUT2D eigenvalue weighted by Gasteiger charge is -2.22. The number of hydrogen-bond donors (Lipinski definition) is 2. The fraction of sp³-hybridized carbons (Fsp3) is 0.606. The van der Waals surface area contributed by atoms with Gasteiger partial charge in [-0.05, 0) is 37.8 Å². The highest BCUT2D eigenvalue weighted by Gasteiger charge is 2.27. The van der Waals surface area contributed by atoms with Crippen molar-refractivity contribution in [1.82, 2.24) is 10.3 Å². The van der Waals surface area contributed by atoms with Crippen LogP contribution in [0.3, 0.4) is 0 Å². The van der Waals surface area contributed by atoms with Crippen molar-refractivity contribution in [3.05, 3.63) is 42.1 Å². The van der Waals surface area contributed by atoms with Crippen LogP contribution in [0, 0.1) is 0 Å². The number of benzene rings is 1. The van der Waals surface area contributed by atoms with Gasteiger partial charge in [0.2, 0.25) is 5.91 Å². The summed E-state index contributed by atoms with van der Waals surface area (Å²) < 4.78 is 10.4. The van der Waals surface area contributed by atoms with Gasteiger partial charge in [0.25, 0.3) is 5.91 Å². The molecule has 0 bridgehead atoms. The van der Waals surface area contributed by atoms with Crippen LogP contribution in [0.5, 0.6) is 0 Å². The fourth-order valence-electron chi connectivity index (χ4n) is 4.95. The molecule has 2 aromatic rings. The number of pyridine rings is 1. The molecule has 1 aromatic carbocycles. The van der Waals surface area contributed by atoms with Gasteiger partial charge in [0, 0.05) is 18.0 Å². The van der Waals surface area contributed by atoms with E-state index < -0.39 is 35.9 Å². The second-order valence-corrected chi connectivity index (χ2v) is 11.0. The van der Waals surface area contributed by atoms with Crippen molar-refractivity contribution in [2.24, 2.45) is 5.73 Å². The van der Waals surface area contributed by atoms with Gasteiger partial charge >= 0.3 is 11.9 Å². The van der Waals surface area contributed by atoms with Gasteiger partial charge in [-0.25, -0.2) is 4.79 Å². The number of carbonyl (C=O) groups is 4. The monoisotopic (exact) mass is 583 g/mol. The first-order valence-corrected chi connectivity index (χ1v) is 15.5. The molecule has 2 amide bonds. The van der Waals surface area contributed by atoms with Crippen molar-refractivity contribution in [3.8, 4) is 0 Å². The molecule has 0 saturated heterocycles. The Labute approximate surface area is 250 Å². The molecule has 9 nitrogen and oxygen atoms in total. The molecule has 0 aliphatic carbocycles. The zero-order valence-corrected chi connectivity index (χ0v) is 25.4. The molecule has 0 aliphatic heterocycles. The minimum atomic E-state index is -1.01. The molecule has 3 N–H and O–H groups in total. The van der Waals surface area contributed by atoms with Crippen LogP contribution in [0.2, 0.25) is 0 Å². The Hall–Kier alpha value is -3.49. The van der Waals surface area contributed by atoms with Crippen LogP contribution in [0.4, 0.5) is 0 Å². The number of methoxy groups -OCH3 is 1. The first-order chi connectivity index (χ1) is 20.3. The minimum Gasteiger partial charge on any atom is -0.469 e. The van der Waals surface area contributed by atoms with E-state index in [-0.39, 0.29) is 19.3 Å². The molecular weight excluding hydrogens is 534 g/mol. The number of ether oxygens (including phenoxy) is 2. The topological polar surface area (TPSA) is 138 Å². The Balaban J connectivity index is 1.92. The maximum atomic E-state index is 13.2. The van der Waals surface area contributed by atoms with E-state index in [0.29, 0.717) is 18.4 Å². The van der Waals surface area contributed by atoms with Gasteiger partial charge in [0.05, 0.1) is 24.6 Å². The highest BCUT2D eigenvalue weighted by molar-refractivity contribution is 5.99. The van der Waals surface area contributed by atoms with Crippen molar-refractivity contribution < 1.29 is 28.7 Å². The second kappa shape index (κ2) is 20.4. The maximum Gasteiger partial charge on any atom is 0.328 e. The van der Waals surface area contributed by atoms with Crippen molar-refractivity contribution in [3.63, 3.8) is 0 Å². The van der Waals surface area contributed by atoms with Crippen LogP contribution in [-0.4, -0.2) is 48.0 Å². The highest BCUT2D eigenvalue weighted by atomic mass is 16.5. The number of aromatic nitrogens is 1. The lowest BCUT2D eigenvalue weighted by Crippen LogP contribution is -2.43. The first kappa shape index (κ1) is 34.7. The van der Waals surface area contributed by atoms with Gasteiger partial charge < -0.3 is 20.5 Å². The van der Waals surface area contributed by atoms with Crippen LogP contribution < -0.4 is 11.1 Å². The van der Waals surface area contributed by atoms with Gasteiger partial charge in [-0.3, -0.25) is 19.4 Å². The van der Waals surface area contributed by atoms with Gasteiger partial charge in [0.15, 0.2) is 0 Å². The fourth-order valence-corrected chi connectivity index (χ4v) is 4.95. The third-order valence-electron chi connectivity index (χ3n) is 7.39. The summed E-state index contributed by atoms with van der Waals surface area (Å²) in [6.45, 7) is 2.23. The molecule has 2 atom stereocenters. The van der Waals surface area contributed by atoms with Gasteiger partial charge in [0.1, 0.15) is 12.1 Å². The lowest BCUT2D eigenvalue weighted by molar-refractivity contribution is -0.153. The summed E-state index contributed by atoms with van der Waals surface area (Å²) in [4.78, 5) is 54.0. The van der Waals surface area contributed by atoms with E-state index in [0.717, 1.165) is 30.2 Å². The molecule has 42 heavy (non-hydrogen) atoms. The Bertz CT molecular complexity index is 1120. The Kier molecular flexibility index (Phi) is 16.9. The van der Waals surface area contributed by atoms with Crippen molar-refractivity contribution in [1.29, 1.82) is 0 Å². The molecule has 0 unspecified atom stereocenters. The van der Waals surface area contributed by atoms with E-state index in [4.69, 9.17) is 15.2 Å². The normalized spacial score (nSPS) is 12.4. The molecule has 2 rings (SSSR count). The smallest absolute Gasteiger partial charge is 0.328 e. The van der Waals surface area contributed by atoms with E-state index in [2.05, 4.69) is 17.2 Å². The molecule has 1 aromatic heterocycles. The number of nitrogens with one attached hydrogen (secondary N) is 1. The first-order valence-electron chi connectivity index (χ1n) is 15.5. The quantitative estimate of drug-likeness (QED) is 0.125. The average molecular weight is 584 g/mol. The van der Waals surface area contributed by atoms with Gasteiger partial charge in [-0.15, -0.1) is 0 Å². The number of nitrogens with two attached hydrogens (primary N) is 1. The zero-order chi connectivity index (χ0) is 30.6. The Morgan fingerprint density at radius 3 is 2.17 bits per heavy atom. The number of hydrogen-bond acceptors (Lipinski definition) is 7. The van der Waals surface area contributed by atoms with Crippen LogP contribution in [0.15, 0.2) is 36.5 Å². The number of primary amides is 1. The Morgan fingerprint density at radius 2 is 1.52 bits per heavy atom. The summed E-state index contributed by atoms with van der Waals surface area (Å²) in [7, 11) is 1.30. The SMILES string of the molecule is CCCCCCCCCCCCC[C@@H](CC(N)=O)OC(=O)[C@H](CCCC(=O)OC)NC(=O)c1cnc2ccccc2c1. The summed E-state index contributed by atoms with van der Waals surface area (Å²) in [6, 6.07) is 8.11. The molecule has 9 heteroatoms. The van der Waals surface area contributed by atoms with E-state index in [1.54, 1.807) is 6.07 Å². The summed E-state index contributed by atoms with van der Waals surface area (Å²) in [5.74, 6) is -2.10. The van der Waals surface area contributed by atoms with Crippen LogP contribution in [0.25, 0.3) is 10.9 Å². The summed E-state index contributed by atoms with van der Waals surface area (Å²) in [5, 5.41) is 3.53. The highest BCUT2D eigenvalue weighted by Crippen LogP contribution is 2.17. The summed E-state index contributed by atoms with van der Waals surface area (Å²) >= 11 is 0. The second-order valence-electron chi connectivity index (χ2n) is 11.0. The summed E-state index contributed by atoms with van der Waals surface area (Å²) in [6.07, 6.45) is 14.9. The Morgan fingerprint density at radius 1 is 0.881 bits per heavy atom. The van der Waals surface area contributed by atoms with Gasteiger partial charge in [-0.2, -0.15) is 0 Å². The molecule has 0 aliphatic rings. The number of para-hydroxylation sites is 1. The number of rotatable bonds is 22. The largest absolute Gasteiger partial charge is 0.469 e. The number of amides is 2. The van der Waals surface area contributed by atoms with E-state index in [1.807, 2.05) is 24.3 Å². The third-order valence-corrected chi connectivity index (χ3v) is 7.39. The standard InChI is InChI=1S/C33H49N3O6/c1-3-4-5-6-7-8-9-10-11-12-13-18-27(23-30(34)37)42-33(40)29(20-16-21-31(38)41-2)36-32(39)26-22-25-17-14-15-19-28(25)35-24-26/h14-15,17,19,22,24,27,29H,3-13,16,18,20-21,23H2,1-2H3,(H2,34,37)(H,36,39)/t27-,29-/m0/s1. The molecular formula is C33H49N3O6. The molecule has 1 heterocycles. The van der Waals surface area contributed by atoms with E-state index in [1.165, 1.54) is 64.7 Å². The summed E-state index contributed by atoms with van der Waals surface area (Å²) in [5.41, 5.74) is 6.50. The van der Waals surface area contributed by atoms with Crippen LogP contribution in [-0.2, 0) is 23.9 Å².